The van der Waals surface area contributed by atoms with Gasteiger partial charge in [0.2, 0.25) is 0 Å². The molecule has 7 heteroatoms. The number of anilines is 1. The Labute approximate surface area is 130 Å². The van der Waals surface area contributed by atoms with Crippen molar-refractivity contribution in [1.82, 2.24) is 0 Å². The molecule has 5 nitrogen and oxygen atoms in total. The van der Waals surface area contributed by atoms with Gasteiger partial charge < -0.3 is 5.32 Å². The van der Waals surface area contributed by atoms with Crippen LogP contribution >= 0.6 is 23.2 Å². The smallest absolute Gasteiger partial charge is 0.271 e. The molecular weight excluding hydrogens is 315 g/mol. The van der Waals surface area contributed by atoms with E-state index in [0.717, 1.165) is 17.7 Å². The first-order valence-electron chi connectivity index (χ1n) is 5.90. The largest absolute Gasteiger partial charge is 0.322 e. The second-order valence-electron chi connectivity index (χ2n) is 4.37. The molecule has 2 aromatic rings. The van der Waals surface area contributed by atoms with Crippen molar-refractivity contribution in [3.8, 4) is 0 Å². The molecule has 0 aromatic heterocycles. The van der Waals surface area contributed by atoms with Gasteiger partial charge in [-0.05, 0) is 19.1 Å². The number of amides is 1. The highest BCUT2D eigenvalue weighted by atomic mass is 35.5. The maximum absolute atomic E-state index is 12.2. The standard InChI is InChI=1S/C14H10Cl2N2O3/c1-8-2-4-9(5-3-8)17-14(19)11-6-10(18(20)21)7-12(15)13(11)16/h2-7H,1H3,(H,17,19). The number of nitro benzene ring substituents is 1. The molecular formula is C14H10Cl2N2O3. The third kappa shape index (κ3) is 3.51. The number of rotatable bonds is 3. The number of hydrogen-bond acceptors (Lipinski definition) is 3. The highest BCUT2D eigenvalue weighted by Crippen LogP contribution is 2.31. The Morgan fingerprint density at radius 1 is 1.19 bits per heavy atom. The zero-order valence-corrected chi connectivity index (χ0v) is 12.4. The molecule has 0 saturated carbocycles. The van der Waals surface area contributed by atoms with Gasteiger partial charge in [-0.15, -0.1) is 0 Å². The molecule has 0 aliphatic rings. The molecule has 1 N–H and O–H groups in total. The lowest BCUT2D eigenvalue weighted by Gasteiger charge is -2.08. The normalized spacial score (nSPS) is 10.2. The minimum atomic E-state index is -0.634. The zero-order chi connectivity index (χ0) is 15.6. The van der Waals surface area contributed by atoms with Gasteiger partial charge in [0.1, 0.15) is 0 Å². The van der Waals surface area contributed by atoms with Crippen molar-refractivity contribution in [1.29, 1.82) is 0 Å². The first-order valence-corrected chi connectivity index (χ1v) is 6.65. The topological polar surface area (TPSA) is 72.2 Å². The number of hydrogen-bond donors (Lipinski definition) is 1. The predicted octanol–water partition coefficient (Wildman–Crippen LogP) is 4.46. The zero-order valence-electron chi connectivity index (χ0n) is 10.9. The second-order valence-corrected chi connectivity index (χ2v) is 5.15. The van der Waals surface area contributed by atoms with Gasteiger partial charge in [0.25, 0.3) is 11.6 Å². The summed E-state index contributed by atoms with van der Waals surface area (Å²) in [5.41, 5.74) is 1.27. The summed E-state index contributed by atoms with van der Waals surface area (Å²) in [4.78, 5) is 22.3. The second kappa shape index (κ2) is 6.11. The summed E-state index contributed by atoms with van der Waals surface area (Å²) in [5, 5.41) is 13.4. The van der Waals surface area contributed by atoms with E-state index < -0.39 is 10.8 Å². The maximum atomic E-state index is 12.2. The van der Waals surface area contributed by atoms with Crippen LogP contribution in [0.25, 0.3) is 0 Å². The fourth-order valence-corrected chi connectivity index (χ4v) is 2.09. The molecule has 21 heavy (non-hydrogen) atoms. The minimum Gasteiger partial charge on any atom is -0.322 e. The Morgan fingerprint density at radius 2 is 1.81 bits per heavy atom. The van der Waals surface area contributed by atoms with Gasteiger partial charge in [-0.3, -0.25) is 14.9 Å². The molecule has 0 aliphatic heterocycles. The van der Waals surface area contributed by atoms with Crippen LogP contribution in [0, 0.1) is 17.0 Å². The molecule has 0 spiro atoms. The highest BCUT2D eigenvalue weighted by molar-refractivity contribution is 6.44. The molecule has 0 aliphatic carbocycles. The van der Waals surface area contributed by atoms with Crippen LogP contribution in [0.2, 0.25) is 10.0 Å². The first kappa shape index (κ1) is 15.3. The molecule has 0 atom stereocenters. The lowest BCUT2D eigenvalue weighted by atomic mass is 10.1. The molecule has 0 saturated heterocycles. The summed E-state index contributed by atoms with van der Waals surface area (Å²) < 4.78 is 0. The van der Waals surface area contributed by atoms with Crippen LogP contribution in [-0.2, 0) is 0 Å². The summed E-state index contributed by atoms with van der Waals surface area (Å²) >= 11 is 11.8. The van der Waals surface area contributed by atoms with Crippen molar-refractivity contribution >= 4 is 40.5 Å². The number of nitrogens with zero attached hydrogens (tertiary/aromatic N) is 1. The van der Waals surface area contributed by atoms with Gasteiger partial charge in [-0.1, -0.05) is 40.9 Å². The quantitative estimate of drug-likeness (QED) is 0.669. The minimum absolute atomic E-state index is 0.0214. The summed E-state index contributed by atoms with van der Waals surface area (Å²) in [6.07, 6.45) is 0. The molecule has 0 unspecified atom stereocenters. The van der Waals surface area contributed by atoms with Crippen LogP contribution in [0.1, 0.15) is 15.9 Å². The molecule has 0 heterocycles. The van der Waals surface area contributed by atoms with Crippen molar-refractivity contribution in [3.63, 3.8) is 0 Å². The predicted molar refractivity (Wildman–Crippen MR) is 82.2 cm³/mol. The Morgan fingerprint density at radius 3 is 2.38 bits per heavy atom. The fourth-order valence-electron chi connectivity index (χ4n) is 1.68. The van der Waals surface area contributed by atoms with Crippen LogP contribution in [0.3, 0.4) is 0 Å². The molecule has 2 rings (SSSR count). The third-order valence-electron chi connectivity index (χ3n) is 2.78. The molecule has 2 aromatic carbocycles. The van der Waals surface area contributed by atoms with Crippen molar-refractivity contribution in [2.45, 2.75) is 6.92 Å². The van der Waals surface area contributed by atoms with Gasteiger partial charge >= 0.3 is 0 Å². The molecule has 108 valence electrons. The van der Waals surface area contributed by atoms with Crippen LogP contribution in [0.4, 0.5) is 11.4 Å². The van der Waals surface area contributed by atoms with E-state index in [1.807, 2.05) is 19.1 Å². The van der Waals surface area contributed by atoms with E-state index in [1.54, 1.807) is 12.1 Å². The van der Waals surface area contributed by atoms with E-state index in [9.17, 15) is 14.9 Å². The molecule has 0 radical (unpaired) electrons. The van der Waals surface area contributed by atoms with Gasteiger partial charge in [0.05, 0.1) is 20.5 Å². The number of nitro groups is 1. The van der Waals surface area contributed by atoms with Crippen molar-refractivity contribution in [2.75, 3.05) is 5.32 Å². The maximum Gasteiger partial charge on any atom is 0.271 e. The third-order valence-corrected chi connectivity index (χ3v) is 3.58. The Kier molecular flexibility index (Phi) is 4.45. The van der Waals surface area contributed by atoms with Gasteiger partial charge in [-0.25, -0.2) is 0 Å². The summed E-state index contributed by atoms with van der Waals surface area (Å²) in [7, 11) is 0. The van der Waals surface area contributed by atoms with Crippen molar-refractivity contribution in [2.24, 2.45) is 0 Å². The average molecular weight is 325 g/mol. The SMILES string of the molecule is Cc1ccc(NC(=O)c2cc([N+](=O)[O-])cc(Cl)c2Cl)cc1. The number of non-ortho nitro benzene ring substituents is 1. The average Bonchev–Trinajstić information content (AvgIpc) is 2.43. The van der Waals surface area contributed by atoms with E-state index in [-0.39, 0.29) is 21.3 Å². The van der Waals surface area contributed by atoms with E-state index >= 15 is 0 Å². The van der Waals surface area contributed by atoms with Crippen LogP contribution in [0.15, 0.2) is 36.4 Å². The Bertz CT molecular complexity index is 715. The number of halogens is 2. The fraction of sp³-hybridized carbons (Fsp3) is 0.0714. The first-order chi connectivity index (χ1) is 9.88. The number of benzene rings is 2. The van der Waals surface area contributed by atoms with Crippen LogP contribution < -0.4 is 5.32 Å². The van der Waals surface area contributed by atoms with Crippen LogP contribution in [-0.4, -0.2) is 10.8 Å². The van der Waals surface area contributed by atoms with E-state index in [0.29, 0.717) is 5.69 Å². The lowest BCUT2D eigenvalue weighted by Crippen LogP contribution is -2.13. The lowest BCUT2D eigenvalue weighted by molar-refractivity contribution is -0.384. The molecule has 1 amide bonds. The van der Waals surface area contributed by atoms with Gasteiger partial charge in [-0.2, -0.15) is 0 Å². The number of nitrogens with one attached hydrogen (secondary N) is 1. The van der Waals surface area contributed by atoms with Crippen LogP contribution in [0.5, 0.6) is 0 Å². The van der Waals surface area contributed by atoms with Crippen molar-refractivity contribution in [3.05, 3.63) is 67.7 Å². The van der Waals surface area contributed by atoms with E-state index in [1.165, 1.54) is 0 Å². The Hall–Kier alpha value is -2.11. The number of aryl methyl sites for hydroxylation is 1. The monoisotopic (exact) mass is 324 g/mol. The van der Waals surface area contributed by atoms with Crippen molar-refractivity contribution < 1.29 is 9.72 Å². The van der Waals surface area contributed by atoms with E-state index in [2.05, 4.69) is 5.32 Å². The van der Waals surface area contributed by atoms with E-state index in [4.69, 9.17) is 23.2 Å². The summed E-state index contributed by atoms with van der Waals surface area (Å²) in [5.74, 6) is -0.561. The molecule has 0 fully saturated rings. The Balaban J connectivity index is 2.34. The van der Waals surface area contributed by atoms with Gasteiger partial charge in [0.15, 0.2) is 0 Å². The molecule has 0 bridgehead atoms. The van der Waals surface area contributed by atoms with Gasteiger partial charge in [0, 0.05) is 17.8 Å². The number of carbonyl (C=O) groups excluding carboxylic acids is 1. The summed E-state index contributed by atoms with van der Waals surface area (Å²) in [6.45, 7) is 1.92. The highest BCUT2D eigenvalue weighted by Gasteiger charge is 2.19. The summed E-state index contributed by atoms with van der Waals surface area (Å²) in [6, 6.07) is 9.31. The number of carbonyl (C=O) groups is 1.